The van der Waals surface area contributed by atoms with E-state index in [1.807, 2.05) is 44.2 Å². The van der Waals surface area contributed by atoms with Gasteiger partial charge >= 0.3 is 0 Å². The third kappa shape index (κ3) is 8.62. The molecule has 0 spiro atoms. The number of halogens is 1. The van der Waals surface area contributed by atoms with E-state index in [1.54, 1.807) is 34.6 Å². The zero-order valence-corrected chi connectivity index (χ0v) is 28.6. The van der Waals surface area contributed by atoms with Crippen LogP contribution >= 0.6 is 11.6 Å². The third-order valence-corrected chi connectivity index (χ3v) is 8.52. The minimum absolute atomic E-state index is 0.0793. The summed E-state index contributed by atoms with van der Waals surface area (Å²) in [6, 6.07) is 13.6. The average Bonchev–Trinajstić information content (AvgIpc) is 3.06. The lowest BCUT2D eigenvalue weighted by Crippen LogP contribution is -2.49. The molecule has 0 aliphatic carbocycles. The van der Waals surface area contributed by atoms with Gasteiger partial charge in [0, 0.05) is 63.1 Å². The quantitative estimate of drug-likeness (QED) is 0.214. The van der Waals surface area contributed by atoms with Crippen molar-refractivity contribution >= 4 is 34.1 Å². The van der Waals surface area contributed by atoms with Gasteiger partial charge in [0.2, 0.25) is 0 Å². The van der Waals surface area contributed by atoms with Crippen LogP contribution in [0.25, 0.3) is 16.6 Å². The number of likely N-dealkylation sites (N-methyl/N-ethyl adjacent to an activating group) is 1. The van der Waals surface area contributed by atoms with Gasteiger partial charge in [-0.2, -0.15) is 0 Å². The van der Waals surface area contributed by atoms with E-state index in [0.717, 1.165) is 31.9 Å². The van der Waals surface area contributed by atoms with Gasteiger partial charge in [0.05, 0.1) is 29.2 Å². The van der Waals surface area contributed by atoms with Gasteiger partial charge < -0.3 is 24.2 Å². The highest BCUT2D eigenvalue weighted by molar-refractivity contribution is 6.29. The van der Waals surface area contributed by atoms with Crippen LogP contribution in [-0.2, 0) is 16.1 Å². The van der Waals surface area contributed by atoms with Crippen molar-refractivity contribution in [2.24, 2.45) is 0 Å². The van der Waals surface area contributed by atoms with Crippen molar-refractivity contribution < 1.29 is 14.3 Å². The number of allylic oxidation sites excluding steroid dienone is 4. The summed E-state index contributed by atoms with van der Waals surface area (Å²) in [5.74, 6) is 1.65. The SMILES string of the molecule is C=C/C(=C\C=C(/C)Cl)OCC(=O)N1CCN(Cc2nc3ccccc3c(=O)n2-c2cc(N3CCN(C)CC3)ccc2OC(C)C)CC1. The van der Waals surface area contributed by atoms with Crippen molar-refractivity contribution in [2.75, 3.05) is 70.9 Å². The third-order valence-electron chi connectivity index (χ3n) is 8.39. The molecule has 10 nitrogen and oxygen atoms in total. The number of rotatable bonds is 11. The number of anilines is 1. The molecule has 0 saturated carbocycles. The molecule has 1 amide bonds. The van der Waals surface area contributed by atoms with E-state index in [-0.39, 0.29) is 24.2 Å². The molecule has 0 radical (unpaired) electrons. The van der Waals surface area contributed by atoms with Gasteiger partial charge in [0.25, 0.3) is 11.5 Å². The summed E-state index contributed by atoms with van der Waals surface area (Å²) in [6.45, 7) is 15.9. The molecular weight excluding hydrogens is 616 g/mol. The fraction of sp³-hybridized carbons (Fsp3) is 0.417. The maximum Gasteiger partial charge on any atom is 0.266 e. The Kier molecular flexibility index (Phi) is 11.4. The number of carbonyl (C=O) groups is 1. The van der Waals surface area contributed by atoms with Gasteiger partial charge in [-0.1, -0.05) is 30.3 Å². The average molecular weight is 661 g/mol. The number of piperazine rings is 2. The Labute approximate surface area is 282 Å². The first-order valence-corrected chi connectivity index (χ1v) is 16.6. The normalized spacial score (nSPS) is 17.0. The predicted octanol–water partition coefficient (Wildman–Crippen LogP) is 4.80. The maximum absolute atomic E-state index is 14.3. The number of amides is 1. The molecule has 3 heterocycles. The van der Waals surface area contributed by atoms with Gasteiger partial charge in [-0.15, -0.1) is 0 Å². The summed E-state index contributed by atoms with van der Waals surface area (Å²) in [7, 11) is 2.14. The topological polar surface area (TPSA) is 83.4 Å². The van der Waals surface area contributed by atoms with E-state index in [0.29, 0.717) is 71.7 Å². The summed E-state index contributed by atoms with van der Waals surface area (Å²) in [4.78, 5) is 41.0. The summed E-state index contributed by atoms with van der Waals surface area (Å²) in [5.41, 5.74) is 2.25. The predicted molar refractivity (Wildman–Crippen MR) is 189 cm³/mol. The van der Waals surface area contributed by atoms with Crippen molar-refractivity contribution in [2.45, 2.75) is 33.4 Å². The number of hydrogen-bond donors (Lipinski definition) is 0. The lowest BCUT2D eigenvalue weighted by Gasteiger charge is -2.35. The Bertz CT molecular complexity index is 1700. The Hall–Kier alpha value is -4.12. The number of benzene rings is 2. The molecule has 0 atom stereocenters. The Morgan fingerprint density at radius 2 is 1.74 bits per heavy atom. The first-order chi connectivity index (χ1) is 22.6. The van der Waals surface area contributed by atoms with Gasteiger partial charge in [-0.25, -0.2) is 4.98 Å². The molecule has 11 heteroatoms. The van der Waals surface area contributed by atoms with Crippen LogP contribution in [0.3, 0.4) is 0 Å². The number of fused-ring (bicyclic) bond motifs is 1. The van der Waals surface area contributed by atoms with E-state index in [2.05, 4.69) is 40.5 Å². The van der Waals surface area contributed by atoms with E-state index >= 15 is 0 Å². The number of aromatic nitrogens is 2. The summed E-state index contributed by atoms with van der Waals surface area (Å²) in [6.07, 6.45) is 4.86. The lowest BCUT2D eigenvalue weighted by molar-refractivity contribution is -0.136. The summed E-state index contributed by atoms with van der Waals surface area (Å²) in [5, 5.41) is 1.16. The molecule has 2 saturated heterocycles. The minimum atomic E-state index is -0.133. The van der Waals surface area contributed by atoms with Crippen molar-refractivity contribution in [1.82, 2.24) is 24.3 Å². The monoisotopic (exact) mass is 660 g/mol. The minimum Gasteiger partial charge on any atom is -0.489 e. The van der Waals surface area contributed by atoms with Crippen LogP contribution in [0, 0.1) is 0 Å². The molecule has 3 aromatic rings. The molecule has 0 unspecified atom stereocenters. The zero-order valence-electron chi connectivity index (χ0n) is 27.8. The molecule has 47 heavy (non-hydrogen) atoms. The standard InChI is InChI=1S/C36H45ClN6O4/c1-6-29(13-11-27(4)37)46-25-35(44)42-21-17-40(18-22-42)24-34-38-31-10-8-7-9-30(31)36(45)43(34)32-23-28(12-14-33(32)47-26(2)3)41-19-15-39(5)16-20-41/h6-14,23,26H,1,15-22,24-25H2,2-5H3/b27-11+,29-13+. The molecule has 2 aromatic carbocycles. The zero-order chi connectivity index (χ0) is 33.5. The fourth-order valence-corrected chi connectivity index (χ4v) is 5.86. The number of nitrogens with zero attached hydrogens (tertiary/aromatic N) is 6. The smallest absolute Gasteiger partial charge is 0.266 e. The van der Waals surface area contributed by atoms with Crippen molar-refractivity contribution in [3.05, 3.63) is 94.2 Å². The first-order valence-electron chi connectivity index (χ1n) is 16.2. The highest BCUT2D eigenvalue weighted by Gasteiger charge is 2.25. The number of para-hydroxylation sites is 1. The van der Waals surface area contributed by atoms with Crippen LogP contribution in [0.4, 0.5) is 5.69 Å². The van der Waals surface area contributed by atoms with Crippen molar-refractivity contribution in [3.63, 3.8) is 0 Å². The van der Waals surface area contributed by atoms with Gasteiger partial charge in [0.15, 0.2) is 6.61 Å². The van der Waals surface area contributed by atoms with Gasteiger partial charge in [-0.3, -0.25) is 19.1 Å². The van der Waals surface area contributed by atoms with Crippen LogP contribution in [0.2, 0.25) is 0 Å². The van der Waals surface area contributed by atoms with Gasteiger partial charge in [0.1, 0.15) is 17.3 Å². The van der Waals surface area contributed by atoms with Gasteiger partial charge in [-0.05, 0) is 76.4 Å². The molecule has 250 valence electrons. The molecule has 2 fully saturated rings. The first kappa shape index (κ1) is 34.2. The van der Waals surface area contributed by atoms with E-state index in [1.165, 1.54) is 0 Å². The van der Waals surface area contributed by atoms with Crippen LogP contribution in [-0.4, -0.2) is 102 Å². The van der Waals surface area contributed by atoms with E-state index in [9.17, 15) is 9.59 Å². The second-order valence-corrected chi connectivity index (χ2v) is 12.9. The highest BCUT2D eigenvalue weighted by Crippen LogP contribution is 2.31. The van der Waals surface area contributed by atoms with Crippen LogP contribution in [0.15, 0.2) is 82.9 Å². The molecule has 0 N–H and O–H groups in total. The Morgan fingerprint density at radius 1 is 1.02 bits per heavy atom. The summed E-state index contributed by atoms with van der Waals surface area (Å²) >= 11 is 5.90. The molecule has 5 rings (SSSR count). The molecule has 2 aliphatic rings. The van der Waals surface area contributed by atoms with Crippen LogP contribution < -0.4 is 15.2 Å². The molecule has 2 aliphatic heterocycles. The largest absolute Gasteiger partial charge is 0.489 e. The summed E-state index contributed by atoms with van der Waals surface area (Å²) < 4.78 is 13.7. The van der Waals surface area contributed by atoms with Crippen LogP contribution in [0.5, 0.6) is 5.75 Å². The molecule has 0 bridgehead atoms. The van der Waals surface area contributed by atoms with E-state index in [4.69, 9.17) is 26.1 Å². The highest BCUT2D eigenvalue weighted by atomic mass is 35.5. The Balaban J connectivity index is 1.41. The second kappa shape index (κ2) is 15.6. The van der Waals surface area contributed by atoms with Crippen molar-refractivity contribution in [1.29, 1.82) is 0 Å². The number of ether oxygens (including phenoxy) is 2. The lowest BCUT2D eigenvalue weighted by atomic mass is 10.2. The number of carbonyl (C=O) groups excluding carboxylic acids is 1. The molecular formula is C36H45ClN6O4. The fourth-order valence-electron chi connectivity index (χ4n) is 5.79. The maximum atomic E-state index is 14.3. The van der Waals surface area contributed by atoms with Crippen molar-refractivity contribution in [3.8, 4) is 11.4 Å². The Morgan fingerprint density at radius 3 is 2.43 bits per heavy atom. The number of hydrogen-bond acceptors (Lipinski definition) is 8. The molecule has 1 aromatic heterocycles. The van der Waals surface area contributed by atoms with E-state index < -0.39 is 0 Å². The second-order valence-electron chi connectivity index (χ2n) is 12.3. The van der Waals surface area contributed by atoms with Crippen LogP contribution in [0.1, 0.15) is 26.6 Å².